The summed E-state index contributed by atoms with van der Waals surface area (Å²) in [5.41, 5.74) is 5.45. The predicted octanol–water partition coefficient (Wildman–Crippen LogP) is 1.66. The first kappa shape index (κ1) is 14.0. The zero-order valence-corrected chi connectivity index (χ0v) is 12.1. The van der Waals surface area contributed by atoms with Crippen molar-refractivity contribution in [3.8, 4) is 0 Å². The molecule has 0 aliphatic heterocycles. The molecule has 0 saturated heterocycles. The van der Waals surface area contributed by atoms with Gasteiger partial charge >= 0.3 is 0 Å². The third-order valence-electron chi connectivity index (χ3n) is 2.07. The maximum atomic E-state index is 11.3. The number of halogens is 1. The number of sulfone groups is 1. The van der Waals surface area contributed by atoms with Gasteiger partial charge in [0.2, 0.25) is 11.2 Å². The van der Waals surface area contributed by atoms with Gasteiger partial charge in [0.25, 0.3) is 0 Å². The molecule has 0 amide bonds. The lowest BCUT2D eigenvalue weighted by atomic mass is 10.4. The number of benzene rings is 1. The fourth-order valence-electron chi connectivity index (χ4n) is 1.25. The molecule has 19 heavy (non-hydrogen) atoms. The van der Waals surface area contributed by atoms with Crippen molar-refractivity contribution in [3.05, 3.63) is 29.5 Å². The van der Waals surface area contributed by atoms with Crippen molar-refractivity contribution in [1.82, 2.24) is 15.0 Å². The summed E-state index contributed by atoms with van der Waals surface area (Å²) in [4.78, 5) is 12.5. The number of nitrogens with zero attached hydrogens (tertiary/aromatic N) is 3. The number of aromatic nitrogens is 3. The first-order chi connectivity index (χ1) is 8.84. The Bertz CT molecular complexity index is 684. The summed E-state index contributed by atoms with van der Waals surface area (Å²) in [6, 6.07) is 6.36. The molecule has 0 aliphatic carbocycles. The van der Waals surface area contributed by atoms with Crippen LogP contribution in [0.3, 0.4) is 0 Å². The van der Waals surface area contributed by atoms with Crippen molar-refractivity contribution < 1.29 is 8.42 Å². The van der Waals surface area contributed by atoms with E-state index < -0.39 is 9.84 Å². The summed E-state index contributed by atoms with van der Waals surface area (Å²) >= 11 is 6.88. The summed E-state index contributed by atoms with van der Waals surface area (Å²) < 4.78 is 22.6. The Kier molecular flexibility index (Phi) is 3.93. The smallest absolute Gasteiger partial charge is 0.228 e. The second-order valence-corrected chi connectivity index (χ2v) is 6.99. The van der Waals surface area contributed by atoms with Crippen LogP contribution in [0.1, 0.15) is 0 Å². The maximum Gasteiger partial charge on any atom is 0.228 e. The largest absolute Gasteiger partial charge is 0.368 e. The summed E-state index contributed by atoms with van der Waals surface area (Å²) in [7, 11) is -3.20. The number of nitrogen functional groups attached to an aromatic ring is 1. The molecule has 9 heteroatoms. The lowest BCUT2D eigenvalue weighted by Gasteiger charge is -2.02. The first-order valence-electron chi connectivity index (χ1n) is 4.99. The molecule has 100 valence electrons. The highest BCUT2D eigenvalue weighted by Gasteiger charge is 2.08. The van der Waals surface area contributed by atoms with Gasteiger partial charge in [0.15, 0.2) is 15.0 Å². The molecule has 2 N–H and O–H groups in total. The van der Waals surface area contributed by atoms with Gasteiger partial charge in [-0.2, -0.15) is 15.0 Å². The molecule has 1 heterocycles. The average Bonchev–Trinajstić information content (AvgIpc) is 2.26. The van der Waals surface area contributed by atoms with E-state index in [1.54, 1.807) is 12.1 Å². The van der Waals surface area contributed by atoms with Crippen molar-refractivity contribution in [3.63, 3.8) is 0 Å². The van der Waals surface area contributed by atoms with Crippen LogP contribution >= 0.6 is 23.4 Å². The Morgan fingerprint density at radius 2 is 1.79 bits per heavy atom. The van der Waals surface area contributed by atoms with Gasteiger partial charge in [0.05, 0.1) is 4.90 Å². The van der Waals surface area contributed by atoms with Gasteiger partial charge in [-0.3, -0.25) is 0 Å². The first-order valence-corrected chi connectivity index (χ1v) is 8.08. The fourth-order valence-corrected chi connectivity index (χ4v) is 2.85. The molecule has 0 fully saturated rings. The monoisotopic (exact) mass is 316 g/mol. The molecule has 1 aromatic carbocycles. The van der Waals surface area contributed by atoms with Crippen molar-refractivity contribution in [1.29, 1.82) is 0 Å². The Balaban J connectivity index is 2.24. The van der Waals surface area contributed by atoms with Crippen LogP contribution in [0, 0.1) is 0 Å². The molecule has 1 aromatic heterocycles. The van der Waals surface area contributed by atoms with Crippen LogP contribution in [0.4, 0.5) is 5.95 Å². The SMILES string of the molecule is CS(=O)(=O)c1ccc(Sc2nc(N)nc(Cl)n2)cc1. The normalized spacial score (nSPS) is 11.5. The van der Waals surface area contributed by atoms with Gasteiger partial charge in [0.1, 0.15) is 0 Å². The zero-order chi connectivity index (χ0) is 14.0. The number of hydrogen-bond donors (Lipinski definition) is 1. The Hall–Kier alpha value is -1.38. The lowest BCUT2D eigenvalue weighted by Crippen LogP contribution is -1.99. The maximum absolute atomic E-state index is 11.3. The third-order valence-corrected chi connectivity index (χ3v) is 4.24. The molecule has 2 aromatic rings. The molecule has 0 unspecified atom stereocenters. The van der Waals surface area contributed by atoms with Crippen molar-refractivity contribution in [2.45, 2.75) is 14.9 Å². The highest BCUT2D eigenvalue weighted by Crippen LogP contribution is 2.26. The summed E-state index contributed by atoms with van der Waals surface area (Å²) in [6.07, 6.45) is 1.15. The van der Waals surface area contributed by atoms with Crippen molar-refractivity contribution >= 4 is 39.1 Å². The molecule has 0 bridgehead atoms. The van der Waals surface area contributed by atoms with E-state index in [1.807, 2.05) is 0 Å². The van der Waals surface area contributed by atoms with Crippen LogP contribution in [0.2, 0.25) is 5.28 Å². The van der Waals surface area contributed by atoms with E-state index in [9.17, 15) is 8.42 Å². The number of rotatable bonds is 3. The van der Waals surface area contributed by atoms with Crippen LogP contribution in [-0.2, 0) is 9.84 Å². The lowest BCUT2D eigenvalue weighted by molar-refractivity contribution is 0.602. The molecule has 0 atom stereocenters. The molecule has 0 aliphatic rings. The minimum absolute atomic E-state index is 0.0164. The van der Waals surface area contributed by atoms with Gasteiger partial charge in [-0.05, 0) is 47.6 Å². The molecular weight excluding hydrogens is 308 g/mol. The van der Waals surface area contributed by atoms with Crippen molar-refractivity contribution in [2.75, 3.05) is 12.0 Å². The van der Waals surface area contributed by atoms with E-state index in [1.165, 1.54) is 23.9 Å². The Labute approximate surface area is 119 Å². The van der Waals surface area contributed by atoms with Crippen LogP contribution in [0.15, 0.2) is 39.2 Å². The van der Waals surface area contributed by atoms with Crippen LogP contribution < -0.4 is 5.73 Å². The topological polar surface area (TPSA) is 98.8 Å². The van der Waals surface area contributed by atoms with Gasteiger partial charge in [-0.1, -0.05) is 0 Å². The predicted molar refractivity (Wildman–Crippen MR) is 72.9 cm³/mol. The summed E-state index contributed by atoms with van der Waals surface area (Å²) in [5.74, 6) is 0.0373. The minimum atomic E-state index is -3.20. The Morgan fingerprint density at radius 1 is 1.16 bits per heavy atom. The summed E-state index contributed by atoms with van der Waals surface area (Å²) in [5, 5.41) is 0.368. The van der Waals surface area contributed by atoms with Crippen LogP contribution in [0.25, 0.3) is 0 Å². The van der Waals surface area contributed by atoms with Crippen molar-refractivity contribution in [2.24, 2.45) is 0 Å². The van der Waals surface area contributed by atoms with E-state index in [4.69, 9.17) is 17.3 Å². The van der Waals surface area contributed by atoms with E-state index in [2.05, 4.69) is 15.0 Å². The van der Waals surface area contributed by atoms with E-state index in [-0.39, 0.29) is 16.1 Å². The van der Waals surface area contributed by atoms with Crippen LogP contribution in [0.5, 0.6) is 0 Å². The van der Waals surface area contributed by atoms with E-state index >= 15 is 0 Å². The number of nitrogens with two attached hydrogens (primary N) is 1. The number of anilines is 1. The molecule has 0 spiro atoms. The number of hydrogen-bond acceptors (Lipinski definition) is 7. The highest BCUT2D eigenvalue weighted by atomic mass is 35.5. The van der Waals surface area contributed by atoms with Gasteiger partial charge in [-0.15, -0.1) is 0 Å². The van der Waals surface area contributed by atoms with Gasteiger partial charge in [0, 0.05) is 11.2 Å². The molecule has 6 nitrogen and oxygen atoms in total. The zero-order valence-electron chi connectivity index (χ0n) is 9.74. The van der Waals surface area contributed by atoms with Gasteiger partial charge < -0.3 is 5.73 Å². The Morgan fingerprint density at radius 3 is 2.32 bits per heavy atom. The summed E-state index contributed by atoms with van der Waals surface area (Å²) in [6.45, 7) is 0. The third kappa shape index (κ3) is 3.79. The average molecular weight is 317 g/mol. The second-order valence-electron chi connectivity index (χ2n) is 3.59. The van der Waals surface area contributed by atoms with E-state index in [0.29, 0.717) is 5.16 Å². The molecular formula is C10H9ClN4O2S2. The fraction of sp³-hybridized carbons (Fsp3) is 0.100. The molecule has 0 saturated carbocycles. The highest BCUT2D eigenvalue weighted by molar-refractivity contribution is 7.99. The standard InChI is InChI=1S/C10H9ClN4O2S2/c1-19(16,17)7-4-2-6(3-5-7)18-10-14-8(11)13-9(12)15-10/h2-5H,1H3,(H2,12,13,14,15). The van der Waals surface area contributed by atoms with Gasteiger partial charge in [-0.25, -0.2) is 8.42 Å². The second kappa shape index (κ2) is 5.32. The molecule has 0 radical (unpaired) electrons. The minimum Gasteiger partial charge on any atom is -0.368 e. The molecule has 2 rings (SSSR count). The quantitative estimate of drug-likeness (QED) is 0.919. The van der Waals surface area contributed by atoms with Crippen LogP contribution in [-0.4, -0.2) is 29.6 Å². The van der Waals surface area contributed by atoms with E-state index in [0.717, 1.165) is 11.2 Å².